The molecule has 22 heavy (non-hydrogen) atoms. The maximum atomic E-state index is 12.4. The fourth-order valence-electron chi connectivity index (χ4n) is 2.64. The molecule has 1 atom stereocenters. The Kier molecular flexibility index (Phi) is 3.51. The number of hydrogen-bond donors (Lipinski definition) is 1. The van der Waals surface area contributed by atoms with Gasteiger partial charge in [0, 0.05) is 36.8 Å². The summed E-state index contributed by atoms with van der Waals surface area (Å²) in [4.78, 5) is 22.2. The standard InChI is InChI=1S/C15H14N4OS2/c20-14(11-9-22-15(18-11)12-2-1-7-21-12)17-10-3-4-13-16-5-6-19(13)8-10/h1-2,5-7,9-10H,3-4,8H2,(H,17,20)/t10-/m0/s1. The molecule has 7 heteroatoms. The van der Waals surface area contributed by atoms with Gasteiger partial charge in [-0.2, -0.15) is 0 Å². The number of carbonyl (C=O) groups excluding carboxylic acids is 1. The van der Waals surface area contributed by atoms with E-state index in [0.717, 1.165) is 35.1 Å². The van der Waals surface area contributed by atoms with Crippen LogP contribution in [0.4, 0.5) is 0 Å². The quantitative estimate of drug-likeness (QED) is 0.803. The third kappa shape index (κ3) is 2.57. The molecule has 0 bridgehead atoms. The van der Waals surface area contributed by atoms with Crippen molar-refractivity contribution in [1.82, 2.24) is 19.9 Å². The molecule has 5 nitrogen and oxygen atoms in total. The zero-order chi connectivity index (χ0) is 14.9. The highest BCUT2D eigenvalue weighted by Crippen LogP contribution is 2.27. The van der Waals surface area contributed by atoms with Gasteiger partial charge in [-0.25, -0.2) is 9.97 Å². The summed E-state index contributed by atoms with van der Waals surface area (Å²) >= 11 is 3.15. The lowest BCUT2D eigenvalue weighted by molar-refractivity contribution is 0.0923. The highest BCUT2D eigenvalue weighted by atomic mass is 32.1. The number of thiazole rings is 1. The lowest BCUT2D eigenvalue weighted by Gasteiger charge is -2.24. The SMILES string of the molecule is O=C(N[C@H]1CCc2nccn2C1)c1csc(-c2cccs2)n1. The second-order valence-corrected chi connectivity index (χ2v) is 7.03. The fourth-order valence-corrected chi connectivity index (χ4v) is 4.25. The molecule has 112 valence electrons. The first-order valence-electron chi connectivity index (χ1n) is 7.10. The van der Waals surface area contributed by atoms with Crippen LogP contribution in [0.15, 0.2) is 35.3 Å². The van der Waals surface area contributed by atoms with Gasteiger partial charge in [-0.15, -0.1) is 22.7 Å². The van der Waals surface area contributed by atoms with Gasteiger partial charge >= 0.3 is 0 Å². The maximum Gasteiger partial charge on any atom is 0.271 e. The van der Waals surface area contributed by atoms with Gasteiger partial charge < -0.3 is 9.88 Å². The zero-order valence-electron chi connectivity index (χ0n) is 11.7. The highest BCUT2D eigenvalue weighted by molar-refractivity contribution is 7.20. The van der Waals surface area contributed by atoms with Gasteiger partial charge in [0.1, 0.15) is 16.5 Å². The van der Waals surface area contributed by atoms with Crippen molar-refractivity contribution in [2.45, 2.75) is 25.4 Å². The highest BCUT2D eigenvalue weighted by Gasteiger charge is 2.22. The number of amides is 1. The van der Waals surface area contributed by atoms with Crippen molar-refractivity contribution >= 4 is 28.6 Å². The van der Waals surface area contributed by atoms with E-state index in [4.69, 9.17) is 0 Å². The number of carbonyl (C=O) groups is 1. The Bertz CT molecular complexity index is 790. The third-order valence-electron chi connectivity index (χ3n) is 3.74. The van der Waals surface area contributed by atoms with E-state index in [-0.39, 0.29) is 11.9 Å². The number of aryl methyl sites for hydroxylation is 1. The van der Waals surface area contributed by atoms with Crippen molar-refractivity contribution in [3.05, 3.63) is 46.8 Å². The van der Waals surface area contributed by atoms with Crippen LogP contribution in [0.25, 0.3) is 9.88 Å². The molecule has 0 aromatic carbocycles. The molecule has 3 aromatic rings. The van der Waals surface area contributed by atoms with Crippen LogP contribution in [-0.2, 0) is 13.0 Å². The van der Waals surface area contributed by atoms with E-state index in [0.29, 0.717) is 5.69 Å². The Labute approximate surface area is 135 Å². The lowest BCUT2D eigenvalue weighted by atomic mass is 10.1. The Hall–Kier alpha value is -1.99. The van der Waals surface area contributed by atoms with Gasteiger partial charge in [0.2, 0.25) is 0 Å². The van der Waals surface area contributed by atoms with Crippen molar-refractivity contribution in [2.75, 3.05) is 0 Å². The first kappa shape index (κ1) is 13.7. The summed E-state index contributed by atoms with van der Waals surface area (Å²) in [5, 5.41) is 7.83. The van der Waals surface area contributed by atoms with Gasteiger partial charge in [0.15, 0.2) is 0 Å². The number of nitrogens with one attached hydrogen (secondary N) is 1. The molecule has 0 fully saturated rings. The van der Waals surface area contributed by atoms with Crippen LogP contribution in [0.1, 0.15) is 22.7 Å². The molecular weight excluding hydrogens is 316 g/mol. The van der Waals surface area contributed by atoms with Crippen LogP contribution in [0.3, 0.4) is 0 Å². The van der Waals surface area contributed by atoms with Crippen LogP contribution < -0.4 is 5.32 Å². The topological polar surface area (TPSA) is 59.8 Å². The second-order valence-electron chi connectivity index (χ2n) is 5.22. The molecule has 4 rings (SSSR count). The fraction of sp³-hybridized carbons (Fsp3) is 0.267. The van der Waals surface area contributed by atoms with Crippen molar-refractivity contribution in [1.29, 1.82) is 0 Å². The van der Waals surface area contributed by atoms with Crippen molar-refractivity contribution < 1.29 is 4.79 Å². The average molecular weight is 330 g/mol. The third-order valence-corrected chi connectivity index (χ3v) is 5.62. The summed E-state index contributed by atoms with van der Waals surface area (Å²) < 4.78 is 2.10. The minimum absolute atomic E-state index is 0.0902. The number of rotatable bonds is 3. The van der Waals surface area contributed by atoms with E-state index in [1.54, 1.807) is 11.3 Å². The molecule has 0 saturated carbocycles. The number of aromatic nitrogens is 3. The number of imidazole rings is 1. The van der Waals surface area contributed by atoms with Crippen LogP contribution in [0, 0.1) is 0 Å². The molecule has 3 aromatic heterocycles. The molecule has 1 aliphatic rings. The smallest absolute Gasteiger partial charge is 0.271 e. The van der Waals surface area contributed by atoms with E-state index < -0.39 is 0 Å². The van der Waals surface area contributed by atoms with E-state index in [1.807, 2.05) is 35.3 Å². The zero-order valence-corrected chi connectivity index (χ0v) is 13.4. The molecule has 1 aliphatic heterocycles. The van der Waals surface area contributed by atoms with Crippen molar-refractivity contribution in [3.63, 3.8) is 0 Å². The Morgan fingerprint density at radius 3 is 3.23 bits per heavy atom. The van der Waals surface area contributed by atoms with Gasteiger partial charge in [-0.05, 0) is 17.9 Å². The Morgan fingerprint density at radius 1 is 1.41 bits per heavy atom. The maximum absolute atomic E-state index is 12.4. The monoisotopic (exact) mass is 330 g/mol. The largest absolute Gasteiger partial charge is 0.346 e. The Morgan fingerprint density at radius 2 is 2.36 bits per heavy atom. The first-order valence-corrected chi connectivity index (χ1v) is 8.86. The van der Waals surface area contributed by atoms with Crippen LogP contribution >= 0.6 is 22.7 Å². The minimum atomic E-state index is -0.0902. The minimum Gasteiger partial charge on any atom is -0.346 e. The molecule has 0 aliphatic carbocycles. The molecular formula is C15H14N4OS2. The van der Waals surface area contributed by atoms with Crippen LogP contribution in [0.2, 0.25) is 0 Å². The van der Waals surface area contributed by atoms with E-state index >= 15 is 0 Å². The van der Waals surface area contributed by atoms with E-state index in [9.17, 15) is 4.79 Å². The number of fused-ring (bicyclic) bond motifs is 1. The van der Waals surface area contributed by atoms with Crippen LogP contribution in [-0.4, -0.2) is 26.5 Å². The molecule has 0 saturated heterocycles. The summed E-state index contributed by atoms with van der Waals surface area (Å²) in [6.45, 7) is 0.781. The van der Waals surface area contributed by atoms with E-state index in [2.05, 4.69) is 19.9 Å². The van der Waals surface area contributed by atoms with Crippen molar-refractivity contribution in [3.8, 4) is 9.88 Å². The van der Waals surface area contributed by atoms with Crippen LogP contribution in [0.5, 0.6) is 0 Å². The molecule has 1 amide bonds. The molecule has 4 heterocycles. The van der Waals surface area contributed by atoms with Gasteiger partial charge in [0.05, 0.1) is 4.88 Å². The molecule has 0 radical (unpaired) electrons. The second kappa shape index (κ2) is 5.66. The lowest BCUT2D eigenvalue weighted by Crippen LogP contribution is -2.41. The predicted octanol–water partition coefficient (Wildman–Crippen LogP) is 2.81. The summed E-state index contributed by atoms with van der Waals surface area (Å²) in [5.41, 5.74) is 0.504. The number of thiophene rings is 1. The van der Waals surface area contributed by atoms with E-state index in [1.165, 1.54) is 11.3 Å². The van der Waals surface area contributed by atoms with Gasteiger partial charge in [-0.3, -0.25) is 4.79 Å². The normalized spacial score (nSPS) is 17.2. The summed E-state index contributed by atoms with van der Waals surface area (Å²) in [5.74, 6) is 1.01. The summed E-state index contributed by atoms with van der Waals surface area (Å²) in [6.07, 6.45) is 5.60. The number of hydrogen-bond acceptors (Lipinski definition) is 5. The number of nitrogens with zero attached hydrogens (tertiary/aromatic N) is 3. The molecule has 0 spiro atoms. The van der Waals surface area contributed by atoms with Gasteiger partial charge in [-0.1, -0.05) is 6.07 Å². The molecule has 1 N–H and O–H groups in total. The summed E-state index contributed by atoms with van der Waals surface area (Å²) in [6, 6.07) is 4.15. The molecule has 0 unspecified atom stereocenters. The van der Waals surface area contributed by atoms with Crippen molar-refractivity contribution in [2.24, 2.45) is 0 Å². The summed E-state index contributed by atoms with van der Waals surface area (Å²) in [7, 11) is 0. The average Bonchev–Trinajstić information content (AvgIpc) is 3.26. The predicted molar refractivity (Wildman–Crippen MR) is 87.2 cm³/mol. The Balaban J connectivity index is 1.45. The first-order chi connectivity index (χ1) is 10.8. The van der Waals surface area contributed by atoms with Gasteiger partial charge in [0.25, 0.3) is 5.91 Å².